The number of ether oxygens (including phenoxy) is 1. The molecule has 3 heterocycles. The molecule has 1 aliphatic rings. The van der Waals surface area contributed by atoms with E-state index in [1.165, 1.54) is 45.5 Å². The van der Waals surface area contributed by atoms with E-state index in [4.69, 9.17) is 4.74 Å². The van der Waals surface area contributed by atoms with Crippen LogP contribution in [-0.4, -0.2) is 44.0 Å². The Balaban J connectivity index is 1.41. The summed E-state index contributed by atoms with van der Waals surface area (Å²) in [7, 11) is 0. The standard InChI is InChI=1S/C23H29N5O3S3/c1-5-31-20(30)9-15-10-33-22(24-15)25-19(29)12-34-23-27-26-21(28(23)13(2)3)17-11-32-18-8-14(4)6-7-16(17)18/h10-11,13-14H,5-9,12H2,1-4H3,(H,24,25,29). The molecule has 0 aromatic carbocycles. The maximum absolute atomic E-state index is 12.5. The molecule has 11 heteroatoms. The molecule has 1 N–H and O–H groups in total. The van der Waals surface area contributed by atoms with Crippen molar-refractivity contribution in [1.82, 2.24) is 19.7 Å². The summed E-state index contributed by atoms with van der Waals surface area (Å²) < 4.78 is 7.06. The van der Waals surface area contributed by atoms with Crippen LogP contribution in [0, 0.1) is 5.92 Å². The van der Waals surface area contributed by atoms with Gasteiger partial charge >= 0.3 is 5.97 Å². The molecule has 4 rings (SSSR count). The number of nitrogens with one attached hydrogen (secondary N) is 1. The minimum atomic E-state index is -0.327. The van der Waals surface area contributed by atoms with Gasteiger partial charge in [-0.1, -0.05) is 18.7 Å². The zero-order valence-corrected chi connectivity index (χ0v) is 22.2. The normalized spacial score (nSPS) is 15.4. The number of hydrogen-bond acceptors (Lipinski definition) is 9. The van der Waals surface area contributed by atoms with E-state index >= 15 is 0 Å². The van der Waals surface area contributed by atoms with Gasteiger partial charge in [-0.15, -0.1) is 32.9 Å². The van der Waals surface area contributed by atoms with E-state index < -0.39 is 0 Å². The number of thioether (sulfide) groups is 1. The average molecular weight is 520 g/mol. The van der Waals surface area contributed by atoms with Gasteiger partial charge < -0.3 is 10.1 Å². The van der Waals surface area contributed by atoms with Crippen LogP contribution in [0.15, 0.2) is 15.9 Å². The van der Waals surface area contributed by atoms with Crippen molar-refractivity contribution >= 4 is 51.4 Å². The lowest BCUT2D eigenvalue weighted by Gasteiger charge is -2.19. The van der Waals surface area contributed by atoms with Crippen molar-refractivity contribution < 1.29 is 14.3 Å². The first kappa shape index (κ1) is 24.9. The van der Waals surface area contributed by atoms with Gasteiger partial charge in [-0.2, -0.15) is 0 Å². The summed E-state index contributed by atoms with van der Waals surface area (Å²) in [5.74, 6) is 1.30. The number of rotatable bonds is 9. The number of amides is 1. The van der Waals surface area contributed by atoms with Crippen molar-refractivity contribution in [3.63, 3.8) is 0 Å². The molecule has 1 aliphatic carbocycles. The molecule has 8 nitrogen and oxygen atoms in total. The molecule has 0 saturated carbocycles. The van der Waals surface area contributed by atoms with E-state index in [9.17, 15) is 9.59 Å². The maximum atomic E-state index is 12.5. The predicted octanol–water partition coefficient (Wildman–Crippen LogP) is 5.01. The van der Waals surface area contributed by atoms with Crippen molar-refractivity contribution in [2.75, 3.05) is 17.7 Å². The Morgan fingerprint density at radius 2 is 2.12 bits per heavy atom. The molecule has 1 amide bonds. The van der Waals surface area contributed by atoms with Gasteiger partial charge in [0.15, 0.2) is 16.1 Å². The number of aromatic nitrogens is 4. The third-order valence-corrected chi connectivity index (χ3v) is 8.39. The van der Waals surface area contributed by atoms with Crippen LogP contribution in [0.4, 0.5) is 5.13 Å². The average Bonchev–Trinajstić information content (AvgIpc) is 3.50. The van der Waals surface area contributed by atoms with Gasteiger partial charge in [0.25, 0.3) is 0 Å². The molecular weight excluding hydrogens is 490 g/mol. The summed E-state index contributed by atoms with van der Waals surface area (Å²) >= 11 is 4.48. The SMILES string of the molecule is CCOC(=O)Cc1csc(NC(=O)CSc2nnc(-c3csc4c3CCC(C)C4)n2C(C)C)n1. The minimum absolute atomic E-state index is 0.0976. The largest absolute Gasteiger partial charge is 0.466 e. The maximum Gasteiger partial charge on any atom is 0.311 e. The molecule has 182 valence electrons. The summed E-state index contributed by atoms with van der Waals surface area (Å²) in [5.41, 5.74) is 3.18. The Labute approximate surface area is 211 Å². The first-order valence-electron chi connectivity index (χ1n) is 11.4. The first-order chi connectivity index (χ1) is 16.4. The van der Waals surface area contributed by atoms with E-state index in [0.29, 0.717) is 17.4 Å². The molecule has 0 aliphatic heterocycles. The highest BCUT2D eigenvalue weighted by atomic mass is 32.2. The Hall–Kier alpha value is -2.24. The summed E-state index contributed by atoms with van der Waals surface area (Å²) in [6.45, 7) is 8.63. The van der Waals surface area contributed by atoms with Crippen LogP contribution in [0.25, 0.3) is 11.4 Å². The molecule has 0 spiro atoms. The summed E-state index contributed by atoms with van der Waals surface area (Å²) in [4.78, 5) is 29.9. The molecular formula is C23H29N5O3S3. The number of thiazole rings is 1. The van der Waals surface area contributed by atoms with Crippen LogP contribution in [0.5, 0.6) is 0 Å². The third-order valence-electron chi connectivity index (χ3n) is 5.58. The van der Waals surface area contributed by atoms with Crippen molar-refractivity contribution in [3.05, 3.63) is 26.9 Å². The van der Waals surface area contributed by atoms with Crippen LogP contribution >= 0.6 is 34.4 Å². The highest BCUT2D eigenvalue weighted by molar-refractivity contribution is 7.99. The van der Waals surface area contributed by atoms with Crippen LogP contribution in [0.3, 0.4) is 0 Å². The van der Waals surface area contributed by atoms with Crippen molar-refractivity contribution in [2.45, 2.75) is 64.6 Å². The number of fused-ring (bicyclic) bond motifs is 1. The second kappa shape index (κ2) is 11.0. The molecule has 0 radical (unpaired) electrons. The fourth-order valence-electron chi connectivity index (χ4n) is 3.98. The monoisotopic (exact) mass is 519 g/mol. The van der Waals surface area contributed by atoms with E-state index in [1.807, 2.05) is 11.3 Å². The van der Waals surface area contributed by atoms with Crippen LogP contribution in [0.1, 0.15) is 56.3 Å². The fraction of sp³-hybridized carbons (Fsp3) is 0.522. The molecule has 0 fully saturated rings. The van der Waals surface area contributed by atoms with Gasteiger partial charge in [0, 0.05) is 27.2 Å². The van der Waals surface area contributed by atoms with Crippen LogP contribution in [0.2, 0.25) is 0 Å². The lowest BCUT2D eigenvalue weighted by molar-refractivity contribution is -0.142. The Morgan fingerprint density at radius 3 is 2.88 bits per heavy atom. The van der Waals surface area contributed by atoms with Gasteiger partial charge in [0.05, 0.1) is 24.5 Å². The number of carbonyl (C=O) groups is 2. The quantitative estimate of drug-likeness (QED) is 0.313. The highest BCUT2D eigenvalue weighted by Crippen LogP contribution is 2.39. The minimum Gasteiger partial charge on any atom is -0.466 e. The summed E-state index contributed by atoms with van der Waals surface area (Å²) in [5, 5.41) is 16.9. The second-order valence-electron chi connectivity index (χ2n) is 8.63. The van der Waals surface area contributed by atoms with E-state index in [0.717, 1.165) is 29.7 Å². The van der Waals surface area contributed by atoms with Gasteiger partial charge in [0.2, 0.25) is 5.91 Å². The lowest BCUT2D eigenvalue weighted by Crippen LogP contribution is -2.15. The van der Waals surface area contributed by atoms with Crippen LogP contribution < -0.4 is 5.32 Å². The smallest absolute Gasteiger partial charge is 0.311 e. The van der Waals surface area contributed by atoms with Gasteiger partial charge in [0.1, 0.15) is 0 Å². The second-order valence-corrected chi connectivity index (χ2v) is 11.4. The van der Waals surface area contributed by atoms with Crippen molar-refractivity contribution in [1.29, 1.82) is 0 Å². The first-order valence-corrected chi connectivity index (χ1v) is 14.2. The molecule has 3 aromatic rings. The number of nitrogens with zero attached hydrogens (tertiary/aromatic N) is 4. The number of hydrogen-bond donors (Lipinski definition) is 1. The number of carbonyl (C=O) groups excluding carboxylic acids is 2. The molecule has 0 bridgehead atoms. The number of anilines is 1. The molecule has 3 aromatic heterocycles. The Morgan fingerprint density at radius 1 is 1.29 bits per heavy atom. The van der Waals surface area contributed by atoms with Gasteiger partial charge in [-0.3, -0.25) is 14.2 Å². The summed E-state index contributed by atoms with van der Waals surface area (Å²) in [6.07, 6.45) is 3.51. The topological polar surface area (TPSA) is 99.0 Å². The molecule has 0 saturated heterocycles. The van der Waals surface area contributed by atoms with Crippen LogP contribution in [-0.2, 0) is 33.6 Å². The number of esters is 1. The van der Waals surface area contributed by atoms with E-state index in [1.54, 1.807) is 12.3 Å². The zero-order chi connectivity index (χ0) is 24.2. The predicted molar refractivity (Wildman–Crippen MR) is 137 cm³/mol. The highest BCUT2D eigenvalue weighted by Gasteiger charge is 2.25. The van der Waals surface area contributed by atoms with Gasteiger partial charge in [-0.05, 0) is 51.5 Å². The fourth-order valence-corrected chi connectivity index (χ4v) is 6.82. The molecule has 1 atom stereocenters. The Kier molecular flexibility index (Phi) is 8.05. The van der Waals surface area contributed by atoms with Gasteiger partial charge in [-0.25, -0.2) is 4.98 Å². The lowest BCUT2D eigenvalue weighted by atomic mass is 9.88. The Bertz CT molecular complexity index is 1170. The van der Waals surface area contributed by atoms with Crippen molar-refractivity contribution in [2.24, 2.45) is 5.92 Å². The zero-order valence-electron chi connectivity index (χ0n) is 19.8. The van der Waals surface area contributed by atoms with E-state index in [-0.39, 0.29) is 30.1 Å². The van der Waals surface area contributed by atoms with Crippen molar-refractivity contribution in [3.8, 4) is 11.4 Å². The summed E-state index contributed by atoms with van der Waals surface area (Å²) in [6, 6.07) is 0.165. The third kappa shape index (κ3) is 5.69. The number of thiophene rings is 1. The molecule has 34 heavy (non-hydrogen) atoms. The van der Waals surface area contributed by atoms with E-state index in [2.05, 4.69) is 51.2 Å². The molecule has 1 unspecified atom stereocenters.